The van der Waals surface area contributed by atoms with Gasteiger partial charge in [-0.15, -0.1) is 0 Å². The summed E-state index contributed by atoms with van der Waals surface area (Å²) < 4.78 is 5.29. The molecule has 1 heterocycles. The van der Waals surface area contributed by atoms with Crippen LogP contribution >= 0.6 is 0 Å². The van der Waals surface area contributed by atoms with Gasteiger partial charge in [-0.25, -0.2) is 0 Å². The number of carbonyl (C=O) groups excluding carboxylic acids is 3. The fourth-order valence-electron chi connectivity index (χ4n) is 3.71. The highest BCUT2D eigenvalue weighted by Gasteiger charge is 2.28. The Morgan fingerprint density at radius 1 is 1.03 bits per heavy atom. The highest BCUT2D eigenvalue weighted by atomic mass is 16.5. The van der Waals surface area contributed by atoms with E-state index in [9.17, 15) is 14.4 Å². The second-order valence-corrected chi connectivity index (χ2v) is 7.92. The standard InChI is InChI=1S/C25H29N5O4/c1-17(31)12-14-34-15-13-28-22(32)10-11-23(33)30-16-18-6-2-3-7-19(18)25(29-27)24(26)20-8-4-5-9-21(20)30/h2-9,26H,10-16,27H2,1H3,(H,28,32). The molecule has 0 atom stereocenters. The van der Waals surface area contributed by atoms with Crippen LogP contribution in [-0.2, 0) is 25.7 Å². The number of fused-ring (bicyclic) bond motifs is 2. The van der Waals surface area contributed by atoms with Crippen molar-refractivity contribution in [2.75, 3.05) is 24.7 Å². The number of anilines is 1. The number of hydrazone groups is 1. The van der Waals surface area contributed by atoms with Crippen LogP contribution in [0.15, 0.2) is 53.6 Å². The maximum absolute atomic E-state index is 13.2. The minimum absolute atomic E-state index is 0.0126. The average molecular weight is 464 g/mol. The Kier molecular flexibility index (Phi) is 8.64. The van der Waals surface area contributed by atoms with Crippen LogP contribution in [0.4, 0.5) is 5.69 Å². The van der Waals surface area contributed by atoms with Crippen LogP contribution in [0.25, 0.3) is 0 Å². The fraction of sp³-hybridized carbons (Fsp3) is 0.320. The van der Waals surface area contributed by atoms with E-state index < -0.39 is 0 Å². The van der Waals surface area contributed by atoms with Crippen LogP contribution in [0.2, 0.25) is 0 Å². The van der Waals surface area contributed by atoms with E-state index in [2.05, 4.69) is 10.4 Å². The number of hydrogen-bond acceptors (Lipinski definition) is 7. The van der Waals surface area contributed by atoms with Gasteiger partial charge >= 0.3 is 0 Å². The molecule has 2 aromatic carbocycles. The molecule has 1 aliphatic rings. The molecular formula is C25H29N5O4. The number of carbonyl (C=O) groups is 3. The zero-order chi connectivity index (χ0) is 24.5. The van der Waals surface area contributed by atoms with Crippen molar-refractivity contribution < 1.29 is 19.1 Å². The van der Waals surface area contributed by atoms with E-state index in [-0.39, 0.29) is 42.7 Å². The molecule has 0 spiro atoms. The predicted octanol–water partition coefficient (Wildman–Crippen LogP) is 2.16. The summed E-state index contributed by atoms with van der Waals surface area (Å²) in [6.45, 7) is 2.70. The normalized spacial score (nSPS) is 14.1. The molecule has 2 amide bonds. The number of para-hydroxylation sites is 1. The third-order valence-corrected chi connectivity index (χ3v) is 5.47. The smallest absolute Gasteiger partial charge is 0.227 e. The number of nitrogens with one attached hydrogen (secondary N) is 2. The SMILES string of the molecule is CC(=O)CCOCCNC(=O)CCC(=O)N1Cc2ccccc2C(=NN)C(=N)c2ccccc21. The summed E-state index contributed by atoms with van der Waals surface area (Å²) in [6, 6.07) is 14.5. The molecule has 0 bridgehead atoms. The van der Waals surface area contributed by atoms with Crippen LogP contribution in [0, 0.1) is 5.41 Å². The molecule has 9 heteroatoms. The van der Waals surface area contributed by atoms with Gasteiger partial charge in [-0.2, -0.15) is 5.10 Å². The lowest BCUT2D eigenvalue weighted by atomic mass is 9.92. The number of amides is 2. The highest BCUT2D eigenvalue weighted by Crippen LogP contribution is 2.29. The predicted molar refractivity (Wildman–Crippen MR) is 130 cm³/mol. The van der Waals surface area contributed by atoms with Gasteiger partial charge in [0.05, 0.1) is 31.2 Å². The second-order valence-electron chi connectivity index (χ2n) is 7.92. The van der Waals surface area contributed by atoms with Gasteiger partial charge in [0.2, 0.25) is 11.8 Å². The molecule has 9 nitrogen and oxygen atoms in total. The molecule has 0 aromatic heterocycles. The number of nitrogens with zero attached hydrogens (tertiary/aromatic N) is 2. The van der Waals surface area contributed by atoms with Crippen molar-refractivity contribution in [3.05, 3.63) is 65.2 Å². The topological polar surface area (TPSA) is 138 Å². The van der Waals surface area contributed by atoms with Crippen molar-refractivity contribution in [2.45, 2.75) is 32.7 Å². The molecule has 0 unspecified atom stereocenters. The van der Waals surface area contributed by atoms with Crippen LogP contribution in [-0.4, -0.2) is 48.8 Å². The molecule has 0 fully saturated rings. The fourth-order valence-corrected chi connectivity index (χ4v) is 3.71. The molecule has 2 aromatic rings. The van der Waals surface area contributed by atoms with E-state index in [1.54, 1.807) is 29.2 Å². The lowest BCUT2D eigenvalue weighted by molar-refractivity contribution is -0.125. The van der Waals surface area contributed by atoms with Crippen molar-refractivity contribution in [1.29, 1.82) is 5.41 Å². The van der Waals surface area contributed by atoms with E-state index in [4.69, 9.17) is 16.0 Å². The summed E-state index contributed by atoms with van der Waals surface area (Å²) in [5, 5.41) is 15.3. The Labute approximate surface area is 198 Å². The number of Topliss-reactive ketones (excluding diaryl/α,β-unsaturated/α-hetero) is 1. The second kappa shape index (κ2) is 11.9. The minimum Gasteiger partial charge on any atom is -0.379 e. The zero-order valence-electron chi connectivity index (χ0n) is 19.2. The number of ether oxygens (including phenoxy) is 1. The van der Waals surface area contributed by atoms with Crippen molar-refractivity contribution >= 4 is 34.7 Å². The molecule has 3 rings (SSSR count). The van der Waals surface area contributed by atoms with E-state index in [1.165, 1.54) is 6.92 Å². The van der Waals surface area contributed by atoms with E-state index in [0.29, 0.717) is 48.7 Å². The number of ketones is 1. The van der Waals surface area contributed by atoms with Gasteiger partial charge in [-0.05, 0) is 18.6 Å². The molecule has 0 radical (unpaired) electrons. The quantitative estimate of drug-likeness (QED) is 0.297. The summed E-state index contributed by atoms with van der Waals surface area (Å²) in [7, 11) is 0. The van der Waals surface area contributed by atoms with Crippen molar-refractivity contribution in [2.24, 2.45) is 10.9 Å². The van der Waals surface area contributed by atoms with E-state index >= 15 is 0 Å². The lowest BCUT2D eigenvalue weighted by Gasteiger charge is -2.29. The number of benzene rings is 2. The molecule has 34 heavy (non-hydrogen) atoms. The molecule has 0 aliphatic carbocycles. The summed E-state index contributed by atoms with van der Waals surface area (Å²) in [4.78, 5) is 38.0. The Morgan fingerprint density at radius 2 is 1.74 bits per heavy atom. The first-order chi connectivity index (χ1) is 16.4. The van der Waals surface area contributed by atoms with Gasteiger partial charge in [0, 0.05) is 36.9 Å². The maximum Gasteiger partial charge on any atom is 0.227 e. The highest BCUT2D eigenvalue weighted by molar-refractivity contribution is 6.53. The lowest BCUT2D eigenvalue weighted by Crippen LogP contribution is -2.36. The summed E-state index contributed by atoms with van der Waals surface area (Å²) in [6.07, 6.45) is 0.386. The summed E-state index contributed by atoms with van der Waals surface area (Å²) in [5.74, 6) is 5.21. The number of nitrogens with two attached hydrogens (primary N) is 1. The number of hydrogen-bond donors (Lipinski definition) is 3. The van der Waals surface area contributed by atoms with E-state index in [1.807, 2.05) is 24.3 Å². The molecule has 4 N–H and O–H groups in total. The first-order valence-corrected chi connectivity index (χ1v) is 11.1. The van der Waals surface area contributed by atoms with Gasteiger partial charge < -0.3 is 20.8 Å². The summed E-state index contributed by atoms with van der Waals surface area (Å²) in [5.41, 5.74) is 3.12. The summed E-state index contributed by atoms with van der Waals surface area (Å²) >= 11 is 0. The van der Waals surface area contributed by atoms with Crippen LogP contribution in [0.5, 0.6) is 0 Å². The Balaban J connectivity index is 1.69. The van der Waals surface area contributed by atoms with Gasteiger partial charge in [0.25, 0.3) is 0 Å². The van der Waals surface area contributed by atoms with Crippen molar-refractivity contribution in [3.8, 4) is 0 Å². The maximum atomic E-state index is 13.2. The average Bonchev–Trinajstić information content (AvgIpc) is 2.83. The zero-order valence-corrected chi connectivity index (χ0v) is 19.2. The van der Waals surface area contributed by atoms with Gasteiger partial charge in [-0.3, -0.25) is 19.8 Å². The third kappa shape index (κ3) is 6.14. The first kappa shape index (κ1) is 24.8. The molecule has 1 aliphatic heterocycles. The molecule has 0 saturated heterocycles. The van der Waals surface area contributed by atoms with Crippen molar-refractivity contribution in [1.82, 2.24) is 5.32 Å². The first-order valence-electron chi connectivity index (χ1n) is 11.1. The minimum atomic E-state index is -0.255. The van der Waals surface area contributed by atoms with Gasteiger partial charge in [0.1, 0.15) is 11.5 Å². The van der Waals surface area contributed by atoms with Crippen LogP contribution in [0.3, 0.4) is 0 Å². The monoisotopic (exact) mass is 463 g/mol. The Morgan fingerprint density at radius 3 is 2.47 bits per heavy atom. The molecular weight excluding hydrogens is 434 g/mol. The van der Waals surface area contributed by atoms with Crippen LogP contribution < -0.4 is 16.1 Å². The largest absolute Gasteiger partial charge is 0.379 e. The Bertz CT molecular complexity index is 1110. The molecule has 178 valence electrons. The van der Waals surface area contributed by atoms with E-state index in [0.717, 1.165) is 5.56 Å². The van der Waals surface area contributed by atoms with Crippen molar-refractivity contribution in [3.63, 3.8) is 0 Å². The van der Waals surface area contributed by atoms with Gasteiger partial charge in [0.15, 0.2) is 0 Å². The van der Waals surface area contributed by atoms with Crippen LogP contribution in [0.1, 0.15) is 42.9 Å². The third-order valence-electron chi connectivity index (χ3n) is 5.47. The molecule has 0 saturated carbocycles. The number of rotatable bonds is 9. The Hall–Kier alpha value is -3.85. The van der Waals surface area contributed by atoms with Gasteiger partial charge in [-0.1, -0.05) is 42.5 Å².